The van der Waals surface area contributed by atoms with E-state index in [0.717, 1.165) is 45.3 Å². The molecule has 30 heavy (non-hydrogen) atoms. The number of hydrogen-bond acceptors (Lipinski definition) is 8. The molecule has 9 heteroatoms. The van der Waals surface area contributed by atoms with Gasteiger partial charge in [0.25, 0.3) is 0 Å². The Morgan fingerprint density at radius 2 is 1.97 bits per heavy atom. The third-order valence-corrected chi connectivity index (χ3v) is 7.11. The van der Waals surface area contributed by atoms with Crippen molar-refractivity contribution in [2.45, 2.75) is 87.9 Å². The number of carbonyl (C=O) groups excluding carboxylic acids is 1. The maximum Gasteiger partial charge on any atom is 0.237 e. The average Bonchev–Trinajstić information content (AvgIpc) is 2.74. The zero-order chi connectivity index (χ0) is 22.3. The van der Waals surface area contributed by atoms with Crippen molar-refractivity contribution in [1.82, 2.24) is 10.6 Å². The first-order valence-corrected chi connectivity index (χ1v) is 12.3. The van der Waals surface area contributed by atoms with Crippen molar-refractivity contribution in [1.29, 1.82) is 0 Å². The number of unbranched alkanes of at least 4 members (excludes halogenated alkanes) is 1. The van der Waals surface area contributed by atoms with Gasteiger partial charge in [-0.1, -0.05) is 26.7 Å². The Bertz CT molecular complexity index is 524. The van der Waals surface area contributed by atoms with Gasteiger partial charge < -0.3 is 35.4 Å². The van der Waals surface area contributed by atoms with Crippen LogP contribution in [0.4, 0.5) is 0 Å². The second kappa shape index (κ2) is 12.6. The summed E-state index contributed by atoms with van der Waals surface area (Å²) in [5.74, 6) is 0.380. The predicted octanol–water partition coefficient (Wildman–Crippen LogP) is 0.483. The molecule has 2 saturated heterocycles. The van der Waals surface area contributed by atoms with E-state index < -0.39 is 35.9 Å². The SMILES string of the molecule is COCCCCC1CCNC(C(=O)NC(C(C)C)[C@@H]2O[C@@H](SC)[C@@H](O)[C@H](O)[C@@H]2O)C1. The second-order valence-corrected chi connectivity index (χ2v) is 9.78. The molecular formula is C21H40N2O6S. The predicted molar refractivity (Wildman–Crippen MR) is 117 cm³/mol. The molecule has 2 heterocycles. The molecule has 0 radical (unpaired) electrons. The third-order valence-electron chi connectivity index (χ3n) is 6.26. The van der Waals surface area contributed by atoms with E-state index in [1.54, 1.807) is 13.4 Å². The number of piperidine rings is 1. The molecule has 8 nitrogen and oxygen atoms in total. The number of ether oxygens (including phenoxy) is 2. The first kappa shape index (κ1) is 25.8. The van der Waals surface area contributed by atoms with E-state index >= 15 is 0 Å². The van der Waals surface area contributed by atoms with E-state index in [-0.39, 0.29) is 17.9 Å². The molecule has 0 bridgehead atoms. The molecule has 0 saturated carbocycles. The van der Waals surface area contributed by atoms with Crippen molar-refractivity contribution in [2.75, 3.05) is 26.5 Å². The molecule has 0 aromatic carbocycles. The number of amides is 1. The molecule has 8 atom stereocenters. The van der Waals surface area contributed by atoms with Gasteiger partial charge in [-0.05, 0) is 43.9 Å². The molecule has 2 fully saturated rings. The standard InChI is InChI=1S/C21H40N2O6S/c1-12(2)15(19-17(25)16(24)18(26)21(29-19)30-4)23-20(27)14-11-13(8-9-22-14)7-5-6-10-28-3/h12-19,21-22,24-26H,5-11H2,1-4H3,(H,23,27)/t13?,14?,15?,16-,17+,18+,19+,21+/m1/s1. The molecule has 2 aliphatic heterocycles. The number of rotatable bonds is 10. The number of methoxy groups -OCH3 is 1. The lowest BCUT2D eigenvalue weighted by atomic mass is 9.86. The molecule has 0 aromatic heterocycles. The lowest BCUT2D eigenvalue weighted by molar-refractivity contribution is -0.208. The highest BCUT2D eigenvalue weighted by Crippen LogP contribution is 2.30. The van der Waals surface area contributed by atoms with Gasteiger partial charge in [0, 0.05) is 13.7 Å². The first-order valence-electron chi connectivity index (χ1n) is 11.0. The van der Waals surface area contributed by atoms with Crippen molar-refractivity contribution in [3.05, 3.63) is 0 Å². The van der Waals surface area contributed by atoms with Gasteiger partial charge in [-0.3, -0.25) is 4.79 Å². The van der Waals surface area contributed by atoms with Crippen molar-refractivity contribution >= 4 is 17.7 Å². The van der Waals surface area contributed by atoms with Gasteiger partial charge in [0.1, 0.15) is 29.9 Å². The molecule has 176 valence electrons. The van der Waals surface area contributed by atoms with E-state index in [4.69, 9.17) is 9.47 Å². The van der Waals surface area contributed by atoms with Gasteiger partial charge in [-0.2, -0.15) is 0 Å². The molecular weight excluding hydrogens is 408 g/mol. The Labute approximate surface area is 184 Å². The fourth-order valence-corrected chi connectivity index (χ4v) is 5.08. The Morgan fingerprint density at radius 3 is 2.60 bits per heavy atom. The fourth-order valence-electron chi connectivity index (χ4n) is 4.40. The van der Waals surface area contributed by atoms with Crippen molar-refractivity contribution in [3.63, 3.8) is 0 Å². The molecule has 0 spiro atoms. The number of thioether (sulfide) groups is 1. The summed E-state index contributed by atoms with van der Waals surface area (Å²) in [4.78, 5) is 13.0. The van der Waals surface area contributed by atoms with Gasteiger partial charge in [-0.15, -0.1) is 11.8 Å². The summed E-state index contributed by atoms with van der Waals surface area (Å²) in [5.41, 5.74) is -0.657. The lowest BCUT2D eigenvalue weighted by Crippen LogP contribution is -2.65. The van der Waals surface area contributed by atoms with Crippen LogP contribution in [-0.2, 0) is 14.3 Å². The quantitative estimate of drug-likeness (QED) is 0.306. The fraction of sp³-hybridized carbons (Fsp3) is 0.952. The van der Waals surface area contributed by atoms with Crippen LogP contribution in [0.25, 0.3) is 0 Å². The summed E-state index contributed by atoms with van der Waals surface area (Å²) in [6, 6.07) is -0.756. The Kier molecular flexibility index (Phi) is 10.8. The highest BCUT2D eigenvalue weighted by atomic mass is 32.2. The van der Waals surface area contributed by atoms with Gasteiger partial charge in [-0.25, -0.2) is 0 Å². The molecule has 1 amide bonds. The smallest absolute Gasteiger partial charge is 0.237 e. The van der Waals surface area contributed by atoms with Crippen LogP contribution in [0.1, 0.15) is 46.0 Å². The molecule has 0 aliphatic carbocycles. The van der Waals surface area contributed by atoms with E-state index in [9.17, 15) is 20.1 Å². The molecule has 0 aromatic rings. The van der Waals surface area contributed by atoms with Crippen LogP contribution in [0.15, 0.2) is 0 Å². The van der Waals surface area contributed by atoms with Crippen LogP contribution >= 0.6 is 11.8 Å². The minimum Gasteiger partial charge on any atom is -0.388 e. The summed E-state index contributed by atoms with van der Waals surface area (Å²) >= 11 is 1.27. The summed E-state index contributed by atoms with van der Waals surface area (Å²) in [6.45, 7) is 5.46. The average molecular weight is 449 g/mol. The largest absolute Gasteiger partial charge is 0.388 e. The molecule has 2 rings (SSSR count). The monoisotopic (exact) mass is 448 g/mol. The van der Waals surface area contributed by atoms with Crippen LogP contribution in [-0.4, -0.2) is 89.7 Å². The minimum absolute atomic E-state index is 0.0213. The summed E-state index contributed by atoms with van der Waals surface area (Å²) in [5, 5.41) is 37.3. The Morgan fingerprint density at radius 1 is 1.23 bits per heavy atom. The van der Waals surface area contributed by atoms with Crippen LogP contribution < -0.4 is 10.6 Å². The third kappa shape index (κ3) is 6.79. The number of hydrogen-bond donors (Lipinski definition) is 5. The number of nitrogens with one attached hydrogen (secondary N) is 2. The summed E-state index contributed by atoms with van der Waals surface area (Å²) in [7, 11) is 1.71. The first-order chi connectivity index (χ1) is 14.3. The summed E-state index contributed by atoms with van der Waals surface area (Å²) < 4.78 is 11.0. The van der Waals surface area contributed by atoms with Crippen LogP contribution in [0.2, 0.25) is 0 Å². The number of aliphatic hydroxyl groups is 3. The van der Waals surface area contributed by atoms with Gasteiger partial charge in [0.2, 0.25) is 5.91 Å². The van der Waals surface area contributed by atoms with Gasteiger partial charge in [0.15, 0.2) is 0 Å². The van der Waals surface area contributed by atoms with E-state index in [1.165, 1.54) is 11.8 Å². The summed E-state index contributed by atoms with van der Waals surface area (Å²) in [6.07, 6.45) is 2.29. The lowest BCUT2D eigenvalue weighted by Gasteiger charge is -2.44. The van der Waals surface area contributed by atoms with Crippen molar-refractivity contribution in [3.8, 4) is 0 Å². The molecule has 3 unspecified atom stereocenters. The van der Waals surface area contributed by atoms with Crippen molar-refractivity contribution in [2.24, 2.45) is 11.8 Å². The van der Waals surface area contributed by atoms with Crippen LogP contribution in [0.3, 0.4) is 0 Å². The normalized spacial score (nSPS) is 35.9. The van der Waals surface area contributed by atoms with E-state index in [2.05, 4.69) is 10.6 Å². The van der Waals surface area contributed by atoms with E-state index in [1.807, 2.05) is 13.8 Å². The molecule has 2 aliphatic rings. The molecule has 5 N–H and O–H groups in total. The maximum atomic E-state index is 13.0. The number of aliphatic hydroxyl groups excluding tert-OH is 3. The highest BCUT2D eigenvalue weighted by molar-refractivity contribution is 7.99. The Hall–Kier alpha value is -0.420. The Balaban J connectivity index is 1.97. The highest BCUT2D eigenvalue weighted by Gasteiger charge is 2.47. The zero-order valence-corrected chi connectivity index (χ0v) is 19.4. The van der Waals surface area contributed by atoms with Gasteiger partial charge >= 0.3 is 0 Å². The van der Waals surface area contributed by atoms with Gasteiger partial charge in [0.05, 0.1) is 12.1 Å². The maximum absolute atomic E-state index is 13.0. The number of carbonyl (C=O) groups is 1. The van der Waals surface area contributed by atoms with Crippen molar-refractivity contribution < 1.29 is 29.6 Å². The topological polar surface area (TPSA) is 120 Å². The van der Waals surface area contributed by atoms with Crippen LogP contribution in [0.5, 0.6) is 0 Å². The second-order valence-electron chi connectivity index (χ2n) is 8.84. The van der Waals surface area contributed by atoms with E-state index in [0.29, 0.717) is 5.92 Å². The zero-order valence-electron chi connectivity index (χ0n) is 18.6. The van der Waals surface area contributed by atoms with Crippen LogP contribution in [0, 0.1) is 11.8 Å². The minimum atomic E-state index is -1.32.